The normalized spacial score (nSPS) is 14.2. The average molecular weight is 228 g/mol. The van der Waals surface area contributed by atoms with Crippen LogP contribution in [0.2, 0.25) is 0 Å². The third kappa shape index (κ3) is 3.16. The molecule has 0 amide bonds. The third-order valence-electron chi connectivity index (χ3n) is 2.82. The minimum Gasteiger partial charge on any atom is -0.388 e. The van der Waals surface area contributed by atoms with E-state index < -0.39 is 12.2 Å². The number of rotatable bonds is 4. The maximum atomic E-state index is 9.99. The minimum atomic E-state index is -0.633. The number of hydrogen-bond donors (Lipinski definition) is 2. The van der Waals surface area contributed by atoms with Gasteiger partial charge in [-0.3, -0.25) is 0 Å². The van der Waals surface area contributed by atoms with Gasteiger partial charge in [0.2, 0.25) is 0 Å². The first-order valence-corrected chi connectivity index (χ1v) is 5.73. The molecule has 2 heteroatoms. The monoisotopic (exact) mass is 228 g/mol. The van der Waals surface area contributed by atoms with Gasteiger partial charge in [-0.05, 0) is 11.1 Å². The molecule has 0 heterocycles. The molecule has 0 radical (unpaired) electrons. The standard InChI is InChI=1S/C15H16O2/c16-14(12-7-3-1-4-8-12)11-15(17)13-9-5-2-6-10-13/h1-10,14-17H,11H2. The fourth-order valence-electron chi connectivity index (χ4n) is 1.83. The van der Waals surface area contributed by atoms with E-state index >= 15 is 0 Å². The van der Waals surface area contributed by atoms with Crippen molar-refractivity contribution in [3.05, 3.63) is 71.8 Å². The molecule has 0 aliphatic carbocycles. The first-order chi connectivity index (χ1) is 8.27. The number of aliphatic hydroxyl groups is 2. The van der Waals surface area contributed by atoms with E-state index in [1.807, 2.05) is 60.7 Å². The van der Waals surface area contributed by atoms with Gasteiger partial charge in [0.15, 0.2) is 0 Å². The molecule has 0 bridgehead atoms. The summed E-state index contributed by atoms with van der Waals surface area (Å²) in [5, 5.41) is 20.0. The summed E-state index contributed by atoms with van der Waals surface area (Å²) in [6.07, 6.45) is -0.952. The van der Waals surface area contributed by atoms with E-state index in [0.29, 0.717) is 6.42 Å². The lowest BCUT2D eigenvalue weighted by Gasteiger charge is -2.16. The smallest absolute Gasteiger partial charge is 0.0818 e. The molecule has 0 fully saturated rings. The Bertz CT molecular complexity index is 395. The van der Waals surface area contributed by atoms with Gasteiger partial charge in [0.05, 0.1) is 12.2 Å². The van der Waals surface area contributed by atoms with Crippen molar-refractivity contribution in [1.29, 1.82) is 0 Å². The van der Waals surface area contributed by atoms with Crippen molar-refractivity contribution >= 4 is 0 Å². The summed E-state index contributed by atoms with van der Waals surface area (Å²) >= 11 is 0. The van der Waals surface area contributed by atoms with E-state index in [-0.39, 0.29) is 0 Å². The molecular weight excluding hydrogens is 212 g/mol. The largest absolute Gasteiger partial charge is 0.388 e. The predicted octanol–water partition coefficient (Wildman–Crippen LogP) is 2.84. The highest BCUT2D eigenvalue weighted by molar-refractivity contribution is 5.20. The lowest BCUT2D eigenvalue weighted by Crippen LogP contribution is -2.05. The lowest BCUT2D eigenvalue weighted by atomic mass is 9.99. The highest BCUT2D eigenvalue weighted by Crippen LogP contribution is 2.25. The highest BCUT2D eigenvalue weighted by Gasteiger charge is 2.14. The van der Waals surface area contributed by atoms with Crippen LogP contribution >= 0.6 is 0 Å². The van der Waals surface area contributed by atoms with E-state index in [1.165, 1.54) is 0 Å². The molecule has 17 heavy (non-hydrogen) atoms. The molecule has 2 atom stereocenters. The molecule has 2 N–H and O–H groups in total. The Hall–Kier alpha value is -1.64. The summed E-state index contributed by atoms with van der Waals surface area (Å²) < 4.78 is 0. The second kappa shape index (κ2) is 5.62. The van der Waals surface area contributed by atoms with Crippen LogP contribution in [0, 0.1) is 0 Å². The topological polar surface area (TPSA) is 40.5 Å². The number of aliphatic hydroxyl groups excluding tert-OH is 2. The van der Waals surface area contributed by atoms with Crippen molar-refractivity contribution in [2.75, 3.05) is 0 Å². The van der Waals surface area contributed by atoms with Crippen LogP contribution in [-0.4, -0.2) is 10.2 Å². The van der Waals surface area contributed by atoms with Gasteiger partial charge in [-0.15, -0.1) is 0 Å². The fourth-order valence-corrected chi connectivity index (χ4v) is 1.83. The molecule has 2 nitrogen and oxygen atoms in total. The van der Waals surface area contributed by atoms with Crippen molar-refractivity contribution in [3.63, 3.8) is 0 Å². The van der Waals surface area contributed by atoms with E-state index in [0.717, 1.165) is 11.1 Å². The molecule has 0 aliphatic rings. The van der Waals surface area contributed by atoms with Crippen molar-refractivity contribution in [1.82, 2.24) is 0 Å². The Morgan fingerprint density at radius 3 is 1.35 bits per heavy atom. The van der Waals surface area contributed by atoms with Crippen LogP contribution in [0.5, 0.6) is 0 Å². The van der Waals surface area contributed by atoms with Gasteiger partial charge in [0, 0.05) is 6.42 Å². The quantitative estimate of drug-likeness (QED) is 0.844. The maximum absolute atomic E-state index is 9.99. The Morgan fingerprint density at radius 2 is 1.00 bits per heavy atom. The zero-order valence-electron chi connectivity index (χ0n) is 9.53. The third-order valence-corrected chi connectivity index (χ3v) is 2.82. The summed E-state index contributed by atoms with van der Waals surface area (Å²) in [4.78, 5) is 0. The van der Waals surface area contributed by atoms with Crippen molar-refractivity contribution in [2.45, 2.75) is 18.6 Å². The molecule has 2 aromatic carbocycles. The van der Waals surface area contributed by atoms with Gasteiger partial charge in [0.1, 0.15) is 0 Å². The molecule has 0 aromatic heterocycles. The summed E-state index contributed by atoms with van der Waals surface area (Å²) in [6.45, 7) is 0. The summed E-state index contributed by atoms with van der Waals surface area (Å²) in [5.41, 5.74) is 1.67. The van der Waals surface area contributed by atoms with Crippen LogP contribution in [0.3, 0.4) is 0 Å². The molecule has 2 rings (SSSR count). The zero-order chi connectivity index (χ0) is 12.1. The molecular formula is C15H16O2. The van der Waals surface area contributed by atoms with Crippen molar-refractivity contribution < 1.29 is 10.2 Å². The Kier molecular flexibility index (Phi) is 3.91. The predicted molar refractivity (Wildman–Crippen MR) is 67.4 cm³/mol. The SMILES string of the molecule is OC(CC(O)c1ccccc1)c1ccccc1. The van der Waals surface area contributed by atoms with Crippen LogP contribution in [0.15, 0.2) is 60.7 Å². The second-order valence-electron chi connectivity index (χ2n) is 4.09. The van der Waals surface area contributed by atoms with Gasteiger partial charge in [-0.1, -0.05) is 60.7 Å². The van der Waals surface area contributed by atoms with E-state index in [2.05, 4.69) is 0 Å². The fraction of sp³-hybridized carbons (Fsp3) is 0.200. The van der Waals surface area contributed by atoms with Gasteiger partial charge >= 0.3 is 0 Å². The average Bonchev–Trinajstić information content (AvgIpc) is 2.40. The summed E-state index contributed by atoms with van der Waals surface area (Å²) in [7, 11) is 0. The van der Waals surface area contributed by atoms with Crippen LogP contribution < -0.4 is 0 Å². The zero-order valence-corrected chi connectivity index (χ0v) is 9.53. The molecule has 88 valence electrons. The van der Waals surface area contributed by atoms with E-state index in [1.54, 1.807) is 0 Å². The van der Waals surface area contributed by atoms with Crippen LogP contribution in [0.1, 0.15) is 29.8 Å². The molecule has 0 spiro atoms. The van der Waals surface area contributed by atoms with Gasteiger partial charge in [-0.2, -0.15) is 0 Å². The van der Waals surface area contributed by atoms with Gasteiger partial charge in [-0.25, -0.2) is 0 Å². The molecule has 2 unspecified atom stereocenters. The maximum Gasteiger partial charge on any atom is 0.0818 e. The van der Waals surface area contributed by atoms with Crippen LogP contribution in [0.4, 0.5) is 0 Å². The van der Waals surface area contributed by atoms with Gasteiger partial charge in [0.25, 0.3) is 0 Å². The molecule has 0 saturated carbocycles. The first kappa shape index (κ1) is 11.8. The first-order valence-electron chi connectivity index (χ1n) is 5.73. The minimum absolute atomic E-state index is 0.314. The van der Waals surface area contributed by atoms with Crippen LogP contribution in [-0.2, 0) is 0 Å². The number of benzene rings is 2. The highest BCUT2D eigenvalue weighted by atomic mass is 16.3. The summed E-state index contributed by atoms with van der Waals surface area (Å²) in [6, 6.07) is 18.8. The molecule has 0 saturated heterocycles. The summed E-state index contributed by atoms with van der Waals surface area (Å²) in [5.74, 6) is 0. The Labute approximate surface area is 101 Å². The van der Waals surface area contributed by atoms with Crippen molar-refractivity contribution in [3.8, 4) is 0 Å². The Balaban J connectivity index is 2.02. The molecule has 2 aromatic rings. The van der Waals surface area contributed by atoms with Crippen LogP contribution in [0.25, 0.3) is 0 Å². The molecule has 0 aliphatic heterocycles. The van der Waals surface area contributed by atoms with Crippen molar-refractivity contribution in [2.24, 2.45) is 0 Å². The lowest BCUT2D eigenvalue weighted by molar-refractivity contribution is 0.0804. The van der Waals surface area contributed by atoms with E-state index in [4.69, 9.17) is 0 Å². The Morgan fingerprint density at radius 1 is 0.647 bits per heavy atom. The second-order valence-corrected chi connectivity index (χ2v) is 4.09. The van der Waals surface area contributed by atoms with E-state index in [9.17, 15) is 10.2 Å². The number of hydrogen-bond acceptors (Lipinski definition) is 2. The van der Waals surface area contributed by atoms with Gasteiger partial charge < -0.3 is 10.2 Å².